The van der Waals surface area contributed by atoms with Crippen molar-refractivity contribution >= 4 is 29.3 Å². The summed E-state index contributed by atoms with van der Waals surface area (Å²) in [7, 11) is 0.185. The monoisotopic (exact) mass is 324 g/mol. The summed E-state index contributed by atoms with van der Waals surface area (Å²) in [5.41, 5.74) is 0. The van der Waals surface area contributed by atoms with Crippen molar-refractivity contribution in [1.29, 1.82) is 0 Å². The van der Waals surface area contributed by atoms with Crippen LogP contribution in [0.2, 0.25) is 0 Å². The van der Waals surface area contributed by atoms with Gasteiger partial charge in [-0.2, -0.15) is 0 Å². The molecule has 2 N–H and O–H groups in total. The zero-order valence-electron chi connectivity index (χ0n) is 11.1. The lowest BCUT2D eigenvalue weighted by atomic mass is 10.3. The van der Waals surface area contributed by atoms with E-state index in [1.165, 1.54) is 13.2 Å². The third-order valence-corrected chi connectivity index (χ3v) is 4.58. The maximum Gasteiger partial charge on any atom is 0.375 e. The van der Waals surface area contributed by atoms with E-state index in [-0.39, 0.29) is 11.5 Å². The van der Waals surface area contributed by atoms with Gasteiger partial charge in [-0.25, -0.2) is 0 Å². The summed E-state index contributed by atoms with van der Waals surface area (Å²) >= 11 is 4.40. The summed E-state index contributed by atoms with van der Waals surface area (Å²) in [5, 5.41) is 0. The van der Waals surface area contributed by atoms with Crippen molar-refractivity contribution in [3.63, 3.8) is 0 Å². The van der Waals surface area contributed by atoms with Crippen LogP contribution in [0.15, 0.2) is 23.1 Å². The molecule has 1 atom stereocenters. The predicted octanol–water partition coefficient (Wildman–Crippen LogP) is 2.19. The number of hydrogen-bond donors (Lipinski definition) is 2. The molecule has 0 radical (unpaired) electrons. The second-order valence-electron chi connectivity index (χ2n) is 4.78. The van der Waals surface area contributed by atoms with Gasteiger partial charge in [-0.05, 0) is 32.9 Å². The first-order chi connectivity index (χ1) is 8.54. The molecule has 0 amide bonds. The van der Waals surface area contributed by atoms with Gasteiger partial charge in [0, 0.05) is 27.5 Å². The van der Waals surface area contributed by atoms with Crippen LogP contribution in [0.1, 0.15) is 20.8 Å². The quantitative estimate of drug-likeness (QED) is 0.827. The van der Waals surface area contributed by atoms with E-state index in [2.05, 4.69) is 11.8 Å². The molecule has 5 nitrogen and oxygen atoms in total. The Morgan fingerprint density at radius 3 is 2.26 bits per heavy atom. The van der Waals surface area contributed by atoms with Crippen molar-refractivity contribution in [1.82, 2.24) is 0 Å². The average Bonchev–Trinajstić information content (AvgIpc) is 2.25. The summed E-state index contributed by atoms with van der Waals surface area (Å²) in [6.45, 7) is 1.77. The van der Waals surface area contributed by atoms with Crippen molar-refractivity contribution in [2.24, 2.45) is 0 Å². The molecular weight excluding hydrogens is 307 g/mol. The lowest BCUT2D eigenvalue weighted by molar-refractivity contribution is 0.348. The minimum Gasteiger partial charge on any atom is -0.493 e. The number of methoxy groups -OCH3 is 1. The summed E-state index contributed by atoms with van der Waals surface area (Å²) in [4.78, 5) is 18.9. The second-order valence-corrected chi connectivity index (χ2v) is 9.60. The molecule has 0 aliphatic rings. The molecular formula is C11H17O5PS2. The molecule has 0 aromatic heterocycles. The van der Waals surface area contributed by atoms with Gasteiger partial charge in [0.05, 0.1) is 17.9 Å². The van der Waals surface area contributed by atoms with E-state index in [9.17, 15) is 4.21 Å². The van der Waals surface area contributed by atoms with E-state index in [4.69, 9.17) is 19.0 Å². The third kappa shape index (κ3) is 4.85. The normalized spacial score (nSPS) is 14.0. The van der Waals surface area contributed by atoms with Gasteiger partial charge in [-0.1, -0.05) is 0 Å². The molecule has 0 aliphatic heterocycles. The highest BCUT2D eigenvalue weighted by Crippen LogP contribution is 2.43. The minimum atomic E-state index is -3.82. The Balaban J connectivity index is 3.17. The molecule has 0 fully saturated rings. The number of benzene rings is 1. The van der Waals surface area contributed by atoms with Crippen LogP contribution >= 0.6 is 6.72 Å². The van der Waals surface area contributed by atoms with Crippen LogP contribution in [-0.2, 0) is 22.6 Å². The lowest BCUT2D eigenvalue weighted by Gasteiger charge is -2.19. The van der Waals surface area contributed by atoms with Crippen molar-refractivity contribution in [2.45, 2.75) is 30.4 Å². The van der Waals surface area contributed by atoms with Crippen molar-refractivity contribution < 1.29 is 23.3 Å². The van der Waals surface area contributed by atoms with Gasteiger partial charge in [0.1, 0.15) is 0 Å². The molecule has 8 heteroatoms. The van der Waals surface area contributed by atoms with E-state index >= 15 is 0 Å². The Bertz CT molecular complexity index is 532. The van der Waals surface area contributed by atoms with Crippen molar-refractivity contribution in [3.8, 4) is 11.5 Å². The van der Waals surface area contributed by atoms with Gasteiger partial charge in [-0.3, -0.25) is 4.21 Å². The van der Waals surface area contributed by atoms with Crippen molar-refractivity contribution in [3.05, 3.63) is 18.2 Å². The van der Waals surface area contributed by atoms with Crippen molar-refractivity contribution in [2.75, 3.05) is 7.11 Å². The van der Waals surface area contributed by atoms with Gasteiger partial charge < -0.3 is 19.0 Å². The van der Waals surface area contributed by atoms with Gasteiger partial charge >= 0.3 is 6.72 Å². The molecule has 0 saturated heterocycles. The summed E-state index contributed by atoms with van der Waals surface area (Å²) in [6, 6.07) is 4.59. The Morgan fingerprint density at radius 1 is 1.26 bits per heavy atom. The summed E-state index contributed by atoms with van der Waals surface area (Å²) < 4.78 is 21.8. The maximum absolute atomic E-state index is 12.2. The SMILES string of the molecule is COc1cc(S(=O)C(C)(C)C)ccc1OP(O)(O)=S. The fraction of sp³-hybridized carbons (Fsp3) is 0.455. The zero-order valence-corrected chi connectivity index (χ0v) is 13.6. The first-order valence-electron chi connectivity index (χ1n) is 5.39. The molecule has 0 saturated carbocycles. The van der Waals surface area contributed by atoms with E-state index in [0.29, 0.717) is 4.90 Å². The van der Waals surface area contributed by atoms with E-state index in [1.807, 2.05) is 20.8 Å². The van der Waals surface area contributed by atoms with Gasteiger partial charge in [0.25, 0.3) is 0 Å². The van der Waals surface area contributed by atoms with Crippen LogP contribution in [0, 0.1) is 0 Å². The molecule has 0 spiro atoms. The fourth-order valence-electron chi connectivity index (χ4n) is 1.32. The number of rotatable bonds is 4. The Morgan fingerprint density at radius 2 is 1.84 bits per heavy atom. The third-order valence-electron chi connectivity index (χ3n) is 2.12. The molecule has 1 aromatic carbocycles. The maximum atomic E-state index is 12.2. The van der Waals surface area contributed by atoms with Crippen LogP contribution in [0.5, 0.6) is 11.5 Å². The Labute approximate surface area is 120 Å². The van der Waals surface area contributed by atoms with Gasteiger partial charge in [-0.15, -0.1) is 0 Å². The topological polar surface area (TPSA) is 76.0 Å². The van der Waals surface area contributed by atoms with E-state index in [1.54, 1.807) is 12.1 Å². The molecule has 1 rings (SSSR count). The number of hydrogen-bond acceptors (Lipinski definition) is 4. The van der Waals surface area contributed by atoms with Gasteiger partial charge in [0.15, 0.2) is 11.5 Å². The Kier molecular flexibility index (Phi) is 5.15. The molecule has 19 heavy (non-hydrogen) atoms. The summed E-state index contributed by atoms with van der Waals surface area (Å²) in [6.07, 6.45) is 0. The van der Waals surface area contributed by atoms with E-state index in [0.717, 1.165) is 0 Å². The molecule has 0 heterocycles. The van der Waals surface area contributed by atoms with Crippen LogP contribution in [-0.4, -0.2) is 25.9 Å². The molecule has 1 aromatic rings. The molecule has 0 bridgehead atoms. The largest absolute Gasteiger partial charge is 0.493 e. The molecule has 0 aliphatic carbocycles. The van der Waals surface area contributed by atoms with Crippen LogP contribution in [0.4, 0.5) is 0 Å². The number of ether oxygens (including phenoxy) is 1. The van der Waals surface area contributed by atoms with Gasteiger partial charge in [0.2, 0.25) is 0 Å². The fourth-order valence-corrected chi connectivity index (χ4v) is 3.08. The highest BCUT2D eigenvalue weighted by atomic mass is 32.5. The minimum absolute atomic E-state index is 0.116. The van der Waals surface area contributed by atoms with Crippen LogP contribution in [0.3, 0.4) is 0 Å². The smallest absolute Gasteiger partial charge is 0.375 e. The second kappa shape index (κ2) is 5.89. The average molecular weight is 324 g/mol. The highest BCUT2D eigenvalue weighted by molar-refractivity contribution is 8.06. The lowest BCUT2D eigenvalue weighted by Crippen LogP contribution is -2.21. The van der Waals surface area contributed by atoms with Crippen LogP contribution < -0.4 is 9.26 Å². The zero-order chi connectivity index (χ0) is 14.8. The first kappa shape index (κ1) is 16.6. The first-order valence-corrected chi connectivity index (χ1v) is 9.17. The standard InChI is InChI=1S/C11H17O5PS2/c1-11(2,3)19(14)8-5-6-9(10(7-8)15-4)16-17(12,13)18/h5-7H,1-4H3,(H2,12,13,18). The van der Waals surface area contributed by atoms with E-state index < -0.39 is 22.3 Å². The molecule has 108 valence electrons. The predicted molar refractivity (Wildman–Crippen MR) is 78.5 cm³/mol. The van der Waals surface area contributed by atoms with Crippen LogP contribution in [0.25, 0.3) is 0 Å². The highest BCUT2D eigenvalue weighted by Gasteiger charge is 2.23. The Hall–Kier alpha value is -0.460. The summed E-state index contributed by atoms with van der Waals surface area (Å²) in [5.74, 6) is 0.373. The molecule has 1 unspecified atom stereocenters.